The molecule has 0 aliphatic heterocycles. The molecule has 0 radical (unpaired) electrons. The number of methoxy groups -OCH3 is 1. The molecule has 1 heterocycles. The molecule has 1 aromatic heterocycles. The first-order valence-corrected chi connectivity index (χ1v) is 6.40. The Labute approximate surface area is 107 Å². The van der Waals surface area contributed by atoms with E-state index in [1.54, 1.807) is 7.11 Å². The molecule has 17 heavy (non-hydrogen) atoms. The molecule has 0 saturated heterocycles. The van der Waals surface area contributed by atoms with Gasteiger partial charge in [0.1, 0.15) is 21.6 Å². The van der Waals surface area contributed by atoms with Crippen molar-refractivity contribution in [2.24, 2.45) is 5.92 Å². The van der Waals surface area contributed by atoms with Crippen molar-refractivity contribution in [2.45, 2.75) is 20.3 Å². The molecule has 0 aliphatic rings. The van der Waals surface area contributed by atoms with E-state index in [2.05, 4.69) is 24.8 Å². The smallest absolute Gasteiger partial charge is 0.177 e. The first-order valence-electron chi connectivity index (χ1n) is 5.58. The highest BCUT2D eigenvalue weighted by atomic mass is 32.1. The van der Waals surface area contributed by atoms with Gasteiger partial charge in [0.15, 0.2) is 5.75 Å². The largest absolute Gasteiger partial charge is 0.492 e. The number of anilines is 2. The summed E-state index contributed by atoms with van der Waals surface area (Å²) >= 11 is 1.39. The third-order valence-electron chi connectivity index (χ3n) is 2.58. The molecule has 0 spiro atoms. The van der Waals surface area contributed by atoms with Gasteiger partial charge in [0, 0.05) is 13.6 Å². The zero-order valence-corrected chi connectivity index (χ0v) is 11.6. The SMILES string of the molecule is COc1c(N(C)CCC(C)C)sc(C#N)c1N. The minimum absolute atomic E-state index is 0.450. The molecule has 5 heteroatoms. The van der Waals surface area contributed by atoms with Crippen molar-refractivity contribution in [3.63, 3.8) is 0 Å². The summed E-state index contributed by atoms with van der Waals surface area (Å²) in [6.45, 7) is 5.31. The summed E-state index contributed by atoms with van der Waals surface area (Å²) in [6, 6.07) is 2.10. The summed E-state index contributed by atoms with van der Waals surface area (Å²) in [5.41, 5.74) is 6.31. The number of nitrogens with zero attached hydrogens (tertiary/aromatic N) is 2. The van der Waals surface area contributed by atoms with E-state index in [0.29, 0.717) is 22.2 Å². The summed E-state index contributed by atoms with van der Waals surface area (Å²) < 4.78 is 5.28. The maximum atomic E-state index is 8.96. The zero-order chi connectivity index (χ0) is 13.0. The molecule has 2 N–H and O–H groups in total. The van der Waals surface area contributed by atoms with Gasteiger partial charge in [0.05, 0.1) is 7.11 Å². The van der Waals surface area contributed by atoms with Crippen LogP contribution in [0.3, 0.4) is 0 Å². The number of rotatable bonds is 5. The fourth-order valence-corrected chi connectivity index (χ4v) is 2.48. The molecule has 1 aromatic rings. The summed E-state index contributed by atoms with van der Waals surface area (Å²) in [5, 5.41) is 9.89. The number of hydrogen-bond acceptors (Lipinski definition) is 5. The lowest BCUT2D eigenvalue weighted by molar-refractivity contribution is 0.418. The zero-order valence-electron chi connectivity index (χ0n) is 10.8. The quantitative estimate of drug-likeness (QED) is 0.876. The fourth-order valence-electron chi connectivity index (χ4n) is 1.50. The molecule has 0 amide bonds. The first-order chi connectivity index (χ1) is 8.01. The van der Waals surface area contributed by atoms with Crippen LogP contribution in [-0.2, 0) is 0 Å². The van der Waals surface area contributed by atoms with Crippen LogP contribution < -0.4 is 15.4 Å². The molecule has 0 aliphatic carbocycles. The Balaban J connectivity index is 2.93. The van der Waals surface area contributed by atoms with E-state index >= 15 is 0 Å². The minimum Gasteiger partial charge on any atom is -0.492 e. The van der Waals surface area contributed by atoms with Gasteiger partial charge in [-0.15, -0.1) is 11.3 Å². The average molecular weight is 253 g/mol. The number of thiophene rings is 1. The molecule has 0 bridgehead atoms. The van der Waals surface area contributed by atoms with Crippen molar-refractivity contribution in [2.75, 3.05) is 31.3 Å². The second kappa shape index (κ2) is 5.78. The van der Waals surface area contributed by atoms with Crippen LogP contribution in [0.25, 0.3) is 0 Å². The van der Waals surface area contributed by atoms with Crippen LogP contribution in [-0.4, -0.2) is 20.7 Å². The Hall–Kier alpha value is -1.41. The maximum Gasteiger partial charge on any atom is 0.177 e. The van der Waals surface area contributed by atoms with Gasteiger partial charge in [-0.1, -0.05) is 13.8 Å². The highest BCUT2D eigenvalue weighted by Gasteiger charge is 2.19. The Morgan fingerprint density at radius 1 is 1.53 bits per heavy atom. The normalized spacial score (nSPS) is 10.4. The van der Waals surface area contributed by atoms with Gasteiger partial charge in [-0.2, -0.15) is 5.26 Å². The van der Waals surface area contributed by atoms with Crippen molar-refractivity contribution >= 4 is 22.0 Å². The Kier molecular flexibility index (Phi) is 4.64. The first kappa shape index (κ1) is 13.7. The van der Waals surface area contributed by atoms with Crippen LogP contribution >= 0.6 is 11.3 Å². The van der Waals surface area contributed by atoms with E-state index in [1.807, 2.05) is 7.05 Å². The second-order valence-corrected chi connectivity index (χ2v) is 5.40. The van der Waals surface area contributed by atoms with E-state index in [-0.39, 0.29) is 0 Å². The summed E-state index contributed by atoms with van der Waals surface area (Å²) in [7, 11) is 3.58. The van der Waals surface area contributed by atoms with E-state index in [4.69, 9.17) is 15.7 Å². The van der Waals surface area contributed by atoms with Gasteiger partial charge in [-0.05, 0) is 12.3 Å². The van der Waals surface area contributed by atoms with E-state index < -0.39 is 0 Å². The highest BCUT2D eigenvalue weighted by Crippen LogP contribution is 2.43. The third-order valence-corrected chi connectivity index (χ3v) is 3.78. The standard InChI is InChI=1S/C12H19N3OS/c1-8(2)5-6-15(3)12-11(16-4)10(14)9(7-13)17-12/h8H,5-6,14H2,1-4H3. The second-order valence-electron chi connectivity index (χ2n) is 4.40. The molecule has 0 aromatic carbocycles. The van der Waals surface area contributed by atoms with Crippen molar-refractivity contribution in [1.82, 2.24) is 0 Å². The van der Waals surface area contributed by atoms with Gasteiger partial charge >= 0.3 is 0 Å². The predicted octanol–water partition coefficient (Wildman–Crippen LogP) is 2.69. The van der Waals surface area contributed by atoms with Crippen LogP contribution in [0.1, 0.15) is 25.1 Å². The predicted molar refractivity (Wildman–Crippen MR) is 72.7 cm³/mol. The maximum absolute atomic E-state index is 8.96. The minimum atomic E-state index is 0.450. The van der Waals surface area contributed by atoms with Crippen LogP contribution in [0.2, 0.25) is 0 Å². The fraction of sp³-hybridized carbons (Fsp3) is 0.583. The van der Waals surface area contributed by atoms with Crippen molar-refractivity contribution < 1.29 is 4.74 Å². The average Bonchev–Trinajstić information content (AvgIpc) is 2.62. The number of ether oxygens (including phenoxy) is 1. The van der Waals surface area contributed by atoms with Gasteiger partial charge < -0.3 is 15.4 Å². The lowest BCUT2D eigenvalue weighted by atomic mass is 10.1. The number of nitrogen functional groups attached to an aromatic ring is 1. The number of nitriles is 1. The molecular formula is C12H19N3OS. The van der Waals surface area contributed by atoms with Gasteiger partial charge in [-0.25, -0.2) is 0 Å². The topological polar surface area (TPSA) is 62.3 Å². The summed E-state index contributed by atoms with van der Waals surface area (Å²) in [6.07, 6.45) is 1.10. The van der Waals surface area contributed by atoms with E-state index in [0.717, 1.165) is 18.0 Å². The number of hydrogen-bond donors (Lipinski definition) is 1. The van der Waals surface area contributed by atoms with Crippen LogP contribution in [0.5, 0.6) is 5.75 Å². The molecular weight excluding hydrogens is 234 g/mol. The van der Waals surface area contributed by atoms with Crippen molar-refractivity contribution in [1.29, 1.82) is 5.26 Å². The van der Waals surface area contributed by atoms with Gasteiger partial charge in [0.2, 0.25) is 0 Å². The molecule has 94 valence electrons. The van der Waals surface area contributed by atoms with Crippen LogP contribution in [0, 0.1) is 17.2 Å². The Morgan fingerprint density at radius 2 is 2.18 bits per heavy atom. The molecule has 0 unspecified atom stereocenters. The molecule has 0 fully saturated rings. The van der Waals surface area contributed by atoms with Gasteiger partial charge in [-0.3, -0.25) is 0 Å². The summed E-state index contributed by atoms with van der Waals surface area (Å²) in [4.78, 5) is 2.62. The highest BCUT2D eigenvalue weighted by molar-refractivity contribution is 7.17. The molecule has 0 saturated carbocycles. The monoisotopic (exact) mass is 253 g/mol. The lowest BCUT2D eigenvalue weighted by Crippen LogP contribution is -2.19. The third kappa shape index (κ3) is 3.04. The molecule has 1 rings (SSSR count). The van der Waals surface area contributed by atoms with Crippen molar-refractivity contribution in [3.05, 3.63) is 4.88 Å². The van der Waals surface area contributed by atoms with Crippen LogP contribution in [0.4, 0.5) is 10.7 Å². The molecule has 4 nitrogen and oxygen atoms in total. The summed E-state index contributed by atoms with van der Waals surface area (Å²) in [5.74, 6) is 1.27. The van der Waals surface area contributed by atoms with E-state index in [9.17, 15) is 0 Å². The Morgan fingerprint density at radius 3 is 2.65 bits per heavy atom. The van der Waals surface area contributed by atoms with Crippen molar-refractivity contribution in [3.8, 4) is 11.8 Å². The van der Waals surface area contributed by atoms with Crippen LogP contribution in [0.15, 0.2) is 0 Å². The lowest BCUT2D eigenvalue weighted by Gasteiger charge is -2.19. The molecule has 0 atom stereocenters. The van der Waals surface area contributed by atoms with E-state index in [1.165, 1.54) is 11.3 Å². The van der Waals surface area contributed by atoms with Gasteiger partial charge in [0.25, 0.3) is 0 Å². The Bertz CT molecular complexity index is 420. The number of nitrogens with two attached hydrogens (primary N) is 1.